The van der Waals surface area contributed by atoms with Crippen LogP contribution >= 0.6 is 0 Å². The van der Waals surface area contributed by atoms with E-state index in [0.29, 0.717) is 19.0 Å². The van der Waals surface area contributed by atoms with Crippen molar-refractivity contribution in [1.82, 2.24) is 4.90 Å². The molecule has 18 heavy (non-hydrogen) atoms. The van der Waals surface area contributed by atoms with Gasteiger partial charge in [0.05, 0.1) is 13.1 Å². The first-order chi connectivity index (χ1) is 8.41. The minimum Gasteiger partial charge on any atom is -0.480 e. The SMILES string of the molecule is CC1CCCC1C(=O)N1CC(C)(OCC(=O)O)C1. The Morgan fingerprint density at radius 3 is 2.56 bits per heavy atom. The van der Waals surface area contributed by atoms with E-state index in [9.17, 15) is 9.59 Å². The van der Waals surface area contributed by atoms with Crippen LogP contribution < -0.4 is 0 Å². The van der Waals surface area contributed by atoms with Crippen LogP contribution in [0.15, 0.2) is 0 Å². The Bertz CT molecular complexity index is 349. The quantitative estimate of drug-likeness (QED) is 0.817. The van der Waals surface area contributed by atoms with Gasteiger partial charge in [0.25, 0.3) is 0 Å². The van der Waals surface area contributed by atoms with Crippen LogP contribution in [0.2, 0.25) is 0 Å². The molecule has 0 spiro atoms. The molecule has 1 saturated heterocycles. The average molecular weight is 255 g/mol. The van der Waals surface area contributed by atoms with Crippen molar-refractivity contribution in [3.8, 4) is 0 Å². The van der Waals surface area contributed by atoms with E-state index in [1.165, 1.54) is 0 Å². The lowest BCUT2D eigenvalue weighted by Crippen LogP contribution is -2.64. The zero-order valence-corrected chi connectivity index (χ0v) is 11.0. The van der Waals surface area contributed by atoms with Crippen LogP contribution in [0.25, 0.3) is 0 Å². The molecule has 2 aliphatic rings. The molecule has 102 valence electrons. The topological polar surface area (TPSA) is 66.8 Å². The van der Waals surface area contributed by atoms with Gasteiger partial charge in [-0.1, -0.05) is 13.3 Å². The van der Waals surface area contributed by atoms with Crippen LogP contribution in [0.5, 0.6) is 0 Å². The highest BCUT2D eigenvalue weighted by Gasteiger charge is 2.45. The Morgan fingerprint density at radius 1 is 1.39 bits per heavy atom. The normalized spacial score (nSPS) is 30.0. The Labute approximate surface area is 107 Å². The molecule has 1 heterocycles. The molecule has 0 aromatic carbocycles. The molecule has 0 aromatic rings. The van der Waals surface area contributed by atoms with Crippen molar-refractivity contribution in [1.29, 1.82) is 0 Å². The first kappa shape index (κ1) is 13.3. The number of amides is 1. The molecular formula is C13H21NO4. The van der Waals surface area contributed by atoms with Gasteiger partial charge in [0.2, 0.25) is 5.91 Å². The third-order valence-electron chi connectivity index (χ3n) is 4.09. The number of nitrogens with zero attached hydrogens (tertiary/aromatic N) is 1. The number of hydrogen-bond donors (Lipinski definition) is 1. The van der Waals surface area contributed by atoms with Crippen molar-refractivity contribution >= 4 is 11.9 Å². The summed E-state index contributed by atoms with van der Waals surface area (Å²) in [5, 5.41) is 8.57. The summed E-state index contributed by atoms with van der Waals surface area (Å²) in [5.74, 6) is -0.111. The maximum atomic E-state index is 12.2. The van der Waals surface area contributed by atoms with E-state index in [0.717, 1.165) is 19.3 Å². The predicted molar refractivity (Wildman–Crippen MR) is 65.1 cm³/mol. The molecule has 1 aliphatic carbocycles. The summed E-state index contributed by atoms with van der Waals surface area (Å²) in [4.78, 5) is 24.5. The highest BCUT2D eigenvalue weighted by atomic mass is 16.5. The van der Waals surface area contributed by atoms with Crippen LogP contribution in [0, 0.1) is 11.8 Å². The van der Waals surface area contributed by atoms with Crippen LogP contribution in [0.3, 0.4) is 0 Å². The second-order valence-electron chi connectivity index (χ2n) is 5.84. The Morgan fingerprint density at radius 2 is 2.06 bits per heavy atom. The lowest BCUT2D eigenvalue weighted by Gasteiger charge is -2.48. The fraction of sp³-hybridized carbons (Fsp3) is 0.846. The highest BCUT2D eigenvalue weighted by molar-refractivity contribution is 5.80. The van der Waals surface area contributed by atoms with Gasteiger partial charge in [-0.15, -0.1) is 0 Å². The van der Waals surface area contributed by atoms with Gasteiger partial charge < -0.3 is 14.7 Å². The molecule has 2 fully saturated rings. The molecular weight excluding hydrogens is 234 g/mol. The summed E-state index contributed by atoms with van der Waals surface area (Å²) >= 11 is 0. The molecule has 2 unspecified atom stereocenters. The van der Waals surface area contributed by atoms with E-state index in [-0.39, 0.29) is 18.4 Å². The van der Waals surface area contributed by atoms with E-state index >= 15 is 0 Å². The molecule has 0 aromatic heterocycles. The molecule has 5 nitrogen and oxygen atoms in total. The van der Waals surface area contributed by atoms with Crippen LogP contribution in [-0.4, -0.2) is 47.2 Å². The summed E-state index contributed by atoms with van der Waals surface area (Å²) in [6, 6.07) is 0. The summed E-state index contributed by atoms with van der Waals surface area (Å²) in [7, 11) is 0. The lowest BCUT2D eigenvalue weighted by molar-refractivity contribution is -0.176. The second-order valence-corrected chi connectivity index (χ2v) is 5.84. The van der Waals surface area contributed by atoms with Crippen molar-refractivity contribution in [2.24, 2.45) is 11.8 Å². The van der Waals surface area contributed by atoms with E-state index in [4.69, 9.17) is 9.84 Å². The summed E-state index contributed by atoms with van der Waals surface area (Å²) in [6.45, 7) is 4.73. The molecule has 2 rings (SSSR count). The third kappa shape index (κ3) is 2.66. The Balaban J connectivity index is 1.81. The summed E-state index contributed by atoms with van der Waals surface area (Å²) in [5.41, 5.74) is -0.476. The fourth-order valence-electron chi connectivity index (χ4n) is 2.99. The Hall–Kier alpha value is -1.10. The number of carbonyl (C=O) groups excluding carboxylic acids is 1. The van der Waals surface area contributed by atoms with Gasteiger partial charge in [-0.05, 0) is 25.7 Å². The first-order valence-electron chi connectivity index (χ1n) is 6.56. The first-order valence-corrected chi connectivity index (χ1v) is 6.56. The van der Waals surface area contributed by atoms with Crippen molar-refractivity contribution < 1.29 is 19.4 Å². The number of aliphatic carboxylic acids is 1. The minimum absolute atomic E-state index is 0.161. The number of carboxylic acids is 1. The van der Waals surface area contributed by atoms with Crippen LogP contribution in [0.4, 0.5) is 0 Å². The van der Waals surface area contributed by atoms with Crippen LogP contribution in [0.1, 0.15) is 33.1 Å². The van der Waals surface area contributed by atoms with Gasteiger partial charge in [-0.25, -0.2) is 4.79 Å². The average Bonchev–Trinajstić information content (AvgIpc) is 2.68. The highest BCUT2D eigenvalue weighted by Crippen LogP contribution is 2.35. The standard InChI is InChI=1S/C13H21NO4/c1-9-4-3-5-10(9)12(17)14-7-13(2,8-14)18-6-11(15)16/h9-10H,3-8H2,1-2H3,(H,15,16). The summed E-state index contributed by atoms with van der Waals surface area (Å²) < 4.78 is 5.30. The molecule has 1 saturated carbocycles. The molecule has 2 atom stereocenters. The van der Waals surface area contributed by atoms with Crippen molar-refractivity contribution in [3.63, 3.8) is 0 Å². The maximum Gasteiger partial charge on any atom is 0.329 e. The number of likely N-dealkylation sites (tertiary alicyclic amines) is 1. The van der Waals surface area contributed by atoms with Crippen molar-refractivity contribution in [3.05, 3.63) is 0 Å². The van der Waals surface area contributed by atoms with Gasteiger partial charge in [-0.3, -0.25) is 4.79 Å². The number of carbonyl (C=O) groups is 2. The maximum absolute atomic E-state index is 12.2. The third-order valence-corrected chi connectivity index (χ3v) is 4.09. The van der Waals surface area contributed by atoms with E-state index in [1.807, 2.05) is 6.92 Å². The largest absolute Gasteiger partial charge is 0.480 e. The number of rotatable bonds is 4. The summed E-state index contributed by atoms with van der Waals surface area (Å²) in [6.07, 6.45) is 3.26. The van der Waals surface area contributed by atoms with Gasteiger partial charge in [0.15, 0.2) is 0 Å². The van der Waals surface area contributed by atoms with Gasteiger partial charge in [0, 0.05) is 5.92 Å². The van der Waals surface area contributed by atoms with Crippen LogP contribution in [-0.2, 0) is 14.3 Å². The Kier molecular flexibility index (Phi) is 3.61. The molecule has 1 amide bonds. The molecule has 0 radical (unpaired) electrons. The zero-order chi connectivity index (χ0) is 13.3. The minimum atomic E-state index is -0.967. The van der Waals surface area contributed by atoms with E-state index in [2.05, 4.69) is 6.92 Å². The van der Waals surface area contributed by atoms with Gasteiger partial charge >= 0.3 is 5.97 Å². The fourth-order valence-corrected chi connectivity index (χ4v) is 2.99. The monoisotopic (exact) mass is 255 g/mol. The number of hydrogen-bond acceptors (Lipinski definition) is 3. The van der Waals surface area contributed by atoms with E-state index in [1.54, 1.807) is 4.90 Å². The van der Waals surface area contributed by atoms with E-state index < -0.39 is 11.6 Å². The molecule has 5 heteroatoms. The second kappa shape index (κ2) is 4.88. The molecule has 0 bridgehead atoms. The van der Waals surface area contributed by atoms with Gasteiger partial charge in [0.1, 0.15) is 12.2 Å². The molecule has 1 aliphatic heterocycles. The smallest absolute Gasteiger partial charge is 0.329 e. The zero-order valence-electron chi connectivity index (χ0n) is 11.0. The molecule has 1 N–H and O–H groups in total. The predicted octanol–water partition coefficient (Wildman–Crippen LogP) is 1.12. The van der Waals surface area contributed by atoms with Gasteiger partial charge in [-0.2, -0.15) is 0 Å². The number of ether oxygens (including phenoxy) is 1. The van der Waals surface area contributed by atoms with Crippen molar-refractivity contribution in [2.45, 2.75) is 38.7 Å². The number of carboxylic acid groups (broad SMARTS) is 1. The van der Waals surface area contributed by atoms with Crippen molar-refractivity contribution in [2.75, 3.05) is 19.7 Å². The lowest BCUT2D eigenvalue weighted by atomic mass is 9.90.